The number of anilines is 4. The summed E-state index contributed by atoms with van der Waals surface area (Å²) in [5.41, 5.74) is 7.35. The lowest BCUT2D eigenvalue weighted by Gasteiger charge is -2.26. The van der Waals surface area contributed by atoms with Crippen molar-refractivity contribution >= 4 is 34.8 Å². The van der Waals surface area contributed by atoms with E-state index < -0.39 is 11.8 Å². The predicted molar refractivity (Wildman–Crippen MR) is 140 cm³/mol. The van der Waals surface area contributed by atoms with Crippen LogP contribution in [-0.4, -0.2) is 53.2 Å². The number of hydrogen-bond donors (Lipinski definition) is 4. The molecule has 11 heteroatoms. The molecule has 1 aliphatic rings. The number of ether oxygens (including phenoxy) is 2. The van der Waals surface area contributed by atoms with E-state index in [1.165, 1.54) is 6.20 Å². The van der Waals surface area contributed by atoms with Crippen LogP contribution in [0.25, 0.3) is 0 Å². The van der Waals surface area contributed by atoms with Crippen molar-refractivity contribution in [3.8, 4) is 17.4 Å². The van der Waals surface area contributed by atoms with E-state index in [2.05, 4.69) is 32.1 Å². The second-order valence-electron chi connectivity index (χ2n) is 8.25. The SMILES string of the molecule is C=CC(=O)Nc1ccccc1Oc1nc(Nc2ccc(N3CCCC3CO)cc2OC)ncc1C(N)=O. The van der Waals surface area contributed by atoms with Crippen LogP contribution in [0.2, 0.25) is 0 Å². The minimum atomic E-state index is -0.778. The molecule has 1 aromatic heterocycles. The van der Waals surface area contributed by atoms with Crippen molar-refractivity contribution in [3.05, 3.63) is 66.9 Å². The van der Waals surface area contributed by atoms with Crippen molar-refractivity contribution in [1.29, 1.82) is 0 Å². The topological polar surface area (TPSA) is 152 Å². The first-order chi connectivity index (χ1) is 17.9. The largest absolute Gasteiger partial charge is 0.494 e. The van der Waals surface area contributed by atoms with Gasteiger partial charge in [0, 0.05) is 24.5 Å². The van der Waals surface area contributed by atoms with Crippen LogP contribution in [0.15, 0.2) is 61.3 Å². The second kappa shape index (κ2) is 11.4. The fourth-order valence-electron chi connectivity index (χ4n) is 4.07. The second-order valence-corrected chi connectivity index (χ2v) is 8.25. The van der Waals surface area contributed by atoms with Gasteiger partial charge in [0.1, 0.15) is 11.3 Å². The van der Waals surface area contributed by atoms with E-state index >= 15 is 0 Å². The smallest absolute Gasteiger partial charge is 0.255 e. The number of aliphatic hydroxyl groups excluding tert-OH is 1. The van der Waals surface area contributed by atoms with Crippen LogP contribution >= 0.6 is 0 Å². The van der Waals surface area contributed by atoms with E-state index in [0.717, 1.165) is 31.1 Å². The van der Waals surface area contributed by atoms with Crippen LogP contribution in [0.4, 0.5) is 23.0 Å². The van der Waals surface area contributed by atoms with Crippen molar-refractivity contribution < 1.29 is 24.2 Å². The lowest BCUT2D eigenvalue weighted by atomic mass is 10.2. The highest BCUT2D eigenvalue weighted by molar-refractivity contribution is 6.00. The first kappa shape index (κ1) is 25.5. The number of aromatic nitrogens is 2. The van der Waals surface area contributed by atoms with Crippen molar-refractivity contribution in [1.82, 2.24) is 9.97 Å². The molecular weight excluding hydrogens is 476 g/mol. The molecule has 2 amide bonds. The lowest BCUT2D eigenvalue weighted by molar-refractivity contribution is -0.111. The van der Waals surface area contributed by atoms with Crippen LogP contribution in [0.1, 0.15) is 23.2 Å². The van der Waals surface area contributed by atoms with E-state index in [9.17, 15) is 14.7 Å². The van der Waals surface area contributed by atoms with E-state index in [-0.39, 0.29) is 35.8 Å². The highest BCUT2D eigenvalue weighted by Crippen LogP contribution is 2.35. The number of rotatable bonds is 10. The molecule has 11 nitrogen and oxygen atoms in total. The Bertz CT molecular complexity index is 1310. The summed E-state index contributed by atoms with van der Waals surface area (Å²) in [6.45, 7) is 4.39. The number of hydrogen-bond acceptors (Lipinski definition) is 9. The predicted octanol–water partition coefficient (Wildman–Crippen LogP) is 3.21. The van der Waals surface area contributed by atoms with Crippen molar-refractivity contribution in [3.63, 3.8) is 0 Å². The van der Waals surface area contributed by atoms with Gasteiger partial charge in [-0.3, -0.25) is 9.59 Å². The van der Waals surface area contributed by atoms with Gasteiger partial charge in [-0.2, -0.15) is 4.98 Å². The third-order valence-corrected chi connectivity index (χ3v) is 5.91. The molecule has 3 aromatic rings. The maximum absolute atomic E-state index is 12.0. The molecule has 2 aromatic carbocycles. The Balaban J connectivity index is 1.62. The Morgan fingerprint density at radius 1 is 1.24 bits per heavy atom. The van der Waals surface area contributed by atoms with Crippen LogP contribution < -0.4 is 30.7 Å². The Kier molecular flexibility index (Phi) is 7.84. The standard InChI is InChI=1S/C26H28N6O5/c1-3-23(34)29-19-8-4-5-9-21(19)37-25-18(24(27)35)14-28-26(31-25)30-20-11-10-16(13-22(20)36-2)32-12-6-7-17(32)15-33/h3-5,8-11,13-14,17,33H,1,6-7,12,15H2,2H3,(H2,27,35)(H,29,34)(H,28,30,31). The molecule has 0 aliphatic carbocycles. The van der Waals surface area contributed by atoms with Crippen molar-refractivity contribution in [2.75, 3.05) is 35.8 Å². The Hall–Kier alpha value is -4.64. The number of para-hydroxylation sites is 2. The van der Waals surface area contributed by atoms with Crippen LogP contribution in [-0.2, 0) is 4.79 Å². The third kappa shape index (κ3) is 5.78. The highest BCUT2D eigenvalue weighted by Gasteiger charge is 2.25. The Labute approximate surface area is 213 Å². The number of nitrogens with one attached hydrogen (secondary N) is 2. The van der Waals surface area contributed by atoms with Crippen LogP contribution in [0.5, 0.6) is 17.4 Å². The van der Waals surface area contributed by atoms with Gasteiger partial charge in [-0.25, -0.2) is 4.98 Å². The normalized spacial score (nSPS) is 14.6. The first-order valence-corrected chi connectivity index (χ1v) is 11.6. The number of benzene rings is 2. The number of carbonyl (C=O) groups excluding carboxylic acids is 2. The highest BCUT2D eigenvalue weighted by atomic mass is 16.5. The molecule has 192 valence electrons. The van der Waals surface area contributed by atoms with Gasteiger partial charge in [0.05, 0.1) is 31.1 Å². The summed E-state index contributed by atoms with van der Waals surface area (Å²) < 4.78 is 11.5. The average Bonchev–Trinajstić information content (AvgIpc) is 3.39. The number of carbonyl (C=O) groups is 2. The van der Waals surface area contributed by atoms with Gasteiger partial charge in [0.25, 0.3) is 5.91 Å². The summed E-state index contributed by atoms with van der Waals surface area (Å²) in [6, 6.07) is 12.4. The molecule has 1 fully saturated rings. The van der Waals surface area contributed by atoms with Crippen LogP contribution in [0, 0.1) is 0 Å². The third-order valence-electron chi connectivity index (χ3n) is 5.91. The van der Waals surface area contributed by atoms with Gasteiger partial charge in [0.2, 0.25) is 17.7 Å². The maximum atomic E-state index is 12.0. The van der Waals surface area contributed by atoms with Gasteiger partial charge in [-0.15, -0.1) is 0 Å². The molecule has 2 heterocycles. The van der Waals surface area contributed by atoms with Gasteiger partial charge >= 0.3 is 0 Å². The van der Waals surface area contributed by atoms with Gasteiger partial charge in [-0.05, 0) is 43.2 Å². The van der Waals surface area contributed by atoms with E-state index in [1.807, 2.05) is 18.2 Å². The maximum Gasteiger partial charge on any atom is 0.255 e. The number of nitrogens with zero attached hydrogens (tertiary/aromatic N) is 3. The summed E-state index contributed by atoms with van der Waals surface area (Å²) in [7, 11) is 1.55. The number of amides is 2. The zero-order valence-electron chi connectivity index (χ0n) is 20.3. The number of nitrogens with two attached hydrogens (primary N) is 1. The summed E-state index contributed by atoms with van der Waals surface area (Å²) in [4.78, 5) is 34.5. The van der Waals surface area contributed by atoms with E-state index in [4.69, 9.17) is 15.2 Å². The van der Waals surface area contributed by atoms with Gasteiger partial charge in [-0.1, -0.05) is 18.7 Å². The molecule has 4 rings (SSSR count). The fourth-order valence-corrected chi connectivity index (χ4v) is 4.07. The number of primary amides is 1. The molecule has 37 heavy (non-hydrogen) atoms. The van der Waals surface area contributed by atoms with E-state index in [1.54, 1.807) is 31.4 Å². The summed E-state index contributed by atoms with van der Waals surface area (Å²) in [5.74, 6) is -0.373. The zero-order valence-corrected chi connectivity index (χ0v) is 20.3. The summed E-state index contributed by atoms with van der Waals surface area (Å²) in [6.07, 6.45) is 4.33. The molecule has 1 atom stereocenters. The lowest BCUT2D eigenvalue weighted by Crippen LogP contribution is -2.31. The monoisotopic (exact) mass is 504 g/mol. The molecule has 1 saturated heterocycles. The minimum absolute atomic E-state index is 0.0400. The molecular formula is C26H28N6O5. The summed E-state index contributed by atoms with van der Waals surface area (Å²) >= 11 is 0. The Morgan fingerprint density at radius 2 is 2.05 bits per heavy atom. The van der Waals surface area contributed by atoms with E-state index in [0.29, 0.717) is 17.1 Å². The molecule has 0 spiro atoms. The fraction of sp³-hybridized carbons (Fsp3) is 0.231. The number of aliphatic hydroxyl groups is 1. The minimum Gasteiger partial charge on any atom is -0.494 e. The van der Waals surface area contributed by atoms with Gasteiger partial charge in [0.15, 0.2) is 5.75 Å². The molecule has 1 unspecified atom stereocenters. The molecule has 0 saturated carbocycles. The zero-order chi connectivity index (χ0) is 26.4. The molecule has 0 radical (unpaired) electrons. The van der Waals surface area contributed by atoms with Crippen LogP contribution in [0.3, 0.4) is 0 Å². The van der Waals surface area contributed by atoms with Gasteiger partial charge < -0.3 is 35.8 Å². The quantitative estimate of drug-likeness (QED) is 0.305. The van der Waals surface area contributed by atoms with Crippen molar-refractivity contribution in [2.24, 2.45) is 5.73 Å². The summed E-state index contributed by atoms with van der Waals surface area (Å²) in [5, 5.41) is 15.4. The molecule has 0 bridgehead atoms. The Morgan fingerprint density at radius 3 is 2.78 bits per heavy atom. The molecule has 5 N–H and O–H groups in total. The molecule has 1 aliphatic heterocycles. The first-order valence-electron chi connectivity index (χ1n) is 11.6. The number of methoxy groups -OCH3 is 1. The van der Waals surface area contributed by atoms with Crippen molar-refractivity contribution in [2.45, 2.75) is 18.9 Å². The average molecular weight is 505 g/mol.